The van der Waals surface area contributed by atoms with Crippen molar-refractivity contribution in [1.82, 2.24) is 9.80 Å². The fourth-order valence-corrected chi connectivity index (χ4v) is 5.58. The molecule has 6 heteroatoms. The number of nitrogens with zero attached hydrogens (tertiary/aromatic N) is 2. The number of methoxy groups -OCH3 is 3. The van der Waals surface area contributed by atoms with Gasteiger partial charge in [-0.1, -0.05) is 0 Å². The number of aliphatic hydroxyl groups is 1. The first kappa shape index (κ1) is 19.8. The first-order valence-electron chi connectivity index (χ1n) is 10.6. The third-order valence-electron chi connectivity index (χ3n) is 6.93. The van der Waals surface area contributed by atoms with Crippen LogP contribution in [-0.2, 0) is 6.54 Å². The van der Waals surface area contributed by atoms with Crippen molar-refractivity contribution in [2.24, 2.45) is 11.8 Å². The quantitative estimate of drug-likeness (QED) is 0.805. The van der Waals surface area contributed by atoms with E-state index in [1.165, 1.54) is 18.4 Å². The van der Waals surface area contributed by atoms with Crippen LogP contribution < -0.4 is 14.2 Å². The van der Waals surface area contributed by atoms with Gasteiger partial charge in [0, 0.05) is 25.7 Å². The third-order valence-corrected chi connectivity index (χ3v) is 6.93. The van der Waals surface area contributed by atoms with Gasteiger partial charge in [0.2, 0.25) is 5.75 Å². The topological polar surface area (TPSA) is 54.4 Å². The molecule has 3 fully saturated rings. The summed E-state index contributed by atoms with van der Waals surface area (Å²) < 4.78 is 16.4. The third kappa shape index (κ3) is 3.82. The zero-order valence-electron chi connectivity index (χ0n) is 17.4. The van der Waals surface area contributed by atoms with Gasteiger partial charge >= 0.3 is 0 Å². The van der Waals surface area contributed by atoms with E-state index in [1.54, 1.807) is 21.3 Å². The van der Waals surface area contributed by atoms with Crippen LogP contribution in [-0.4, -0.2) is 74.6 Å². The first-order valence-corrected chi connectivity index (χ1v) is 10.6. The van der Waals surface area contributed by atoms with Crippen molar-refractivity contribution in [1.29, 1.82) is 0 Å². The van der Waals surface area contributed by atoms with E-state index < -0.39 is 0 Å². The Balaban J connectivity index is 1.43. The van der Waals surface area contributed by atoms with Gasteiger partial charge in [0.05, 0.1) is 27.4 Å². The molecule has 1 aliphatic carbocycles. The molecule has 0 aromatic heterocycles. The lowest BCUT2D eigenvalue weighted by Crippen LogP contribution is -2.48. The van der Waals surface area contributed by atoms with Crippen molar-refractivity contribution in [3.8, 4) is 17.2 Å². The van der Waals surface area contributed by atoms with Gasteiger partial charge in [0.15, 0.2) is 11.5 Å². The molecular formula is C22H34N2O4. The maximum Gasteiger partial charge on any atom is 0.203 e. The number of hydrogen-bond acceptors (Lipinski definition) is 6. The van der Waals surface area contributed by atoms with Crippen LogP contribution in [0.4, 0.5) is 0 Å². The van der Waals surface area contributed by atoms with E-state index in [4.69, 9.17) is 14.2 Å². The lowest BCUT2D eigenvalue weighted by Gasteiger charge is -2.40. The van der Waals surface area contributed by atoms with E-state index in [-0.39, 0.29) is 6.10 Å². The molecule has 1 saturated carbocycles. The molecule has 0 radical (unpaired) electrons. The molecule has 2 aliphatic heterocycles. The molecule has 0 bridgehead atoms. The number of likely N-dealkylation sites (tertiary alicyclic amines) is 2. The smallest absolute Gasteiger partial charge is 0.203 e. The largest absolute Gasteiger partial charge is 0.493 e. The highest BCUT2D eigenvalue weighted by molar-refractivity contribution is 5.53. The molecule has 0 unspecified atom stereocenters. The second kappa shape index (κ2) is 8.47. The van der Waals surface area contributed by atoms with Crippen LogP contribution in [0.25, 0.3) is 0 Å². The Morgan fingerprint density at radius 1 is 0.929 bits per heavy atom. The fourth-order valence-electron chi connectivity index (χ4n) is 5.58. The minimum Gasteiger partial charge on any atom is -0.493 e. The standard InChI is InChI=1S/C22H34N2O4/c1-26-20-8-15(9-21(27-2)22(20)28-3)12-23-13-16-10-18(24-6-4-5-7-24)19(25)11-17(16)14-23/h8-9,16-19,25H,4-7,10-14H2,1-3H3/t16-,17+,18-,19-/m1/s1. The van der Waals surface area contributed by atoms with Crippen molar-refractivity contribution in [2.75, 3.05) is 47.5 Å². The van der Waals surface area contributed by atoms with Gasteiger partial charge in [-0.3, -0.25) is 9.80 Å². The Morgan fingerprint density at radius 2 is 1.54 bits per heavy atom. The van der Waals surface area contributed by atoms with E-state index in [2.05, 4.69) is 9.80 Å². The van der Waals surface area contributed by atoms with Crippen LogP contribution in [0, 0.1) is 11.8 Å². The van der Waals surface area contributed by atoms with Crippen molar-refractivity contribution in [2.45, 2.75) is 44.4 Å². The fraction of sp³-hybridized carbons (Fsp3) is 0.727. The molecule has 156 valence electrons. The van der Waals surface area contributed by atoms with E-state index >= 15 is 0 Å². The van der Waals surface area contributed by atoms with E-state index in [0.717, 1.165) is 45.6 Å². The molecular weight excluding hydrogens is 356 g/mol. The minimum absolute atomic E-state index is 0.166. The maximum absolute atomic E-state index is 10.7. The lowest BCUT2D eigenvalue weighted by molar-refractivity contribution is -0.000861. The second-order valence-corrected chi connectivity index (χ2v) is 8.60. The summed E-state index contributed by atoms with van der Waals surface area (Å²) in [4.78, 5) is 5.05. The summed E-state index contributed by atoms with van der Waals surface area (Å²) in [5.74, 6) is 3.35. The molecule has 4 rings (SSSR count). The molecule has 1 aromatic carbocycles. The van der Waals surface area contributed by atoms with Gasteiger partial charge < -0.3 is 19.3 Å². The molecule has 28 heavy (non-hydrogen) atoms. The molecule has 4 atom stereocenters. The monoisotopic (exact) mass is 390 g/mol. The van der Waals surface area contributed by atoms with Crippen molar-refractivity contribution in [3.63, 3.8) is 0 Å². The van der Waals surface area contributed by atoms with Gasteiger partial charge in [0.1, 0.15) is 0 Å². The number of fused-ring (bicyclic) bond motifs is 1. The Morgan fingerprint density at radius 3 is 2.11 bits per heavy atom. The van der Waals surface area contributed by atoms with Crippen LogP contribution >= 0.6 is 0 Å². The van der Waals surface area contributed by atoms with E-state index in [0.29, 0.717) is 35.1 Å². The molecule has 0 amide bonds. The van der Waals surface area contributed by atoms with E-state index in [1.807, 2.05) is 12.1 Å². The van der Waals surface area contributed by atoms with E-state index in [9.17, 15) is 5.11 Å². The maximum atomic E-state index is 10.7. The number of benzene rings is 1. The number of rotatable bonds is 6. The predicted octanol–water partition coefficient (Wildman–Crippen LogP) is 2.38. The average molecular weight is 391 g/mol. The van der Waals surface area contributed by atoms with Crippen LogP contribution in [0.2, 0.25) is 0 Å². The first-order chi connectivity index (χ1) is 13.6. The zero-order valence-corrected chi connectivity index (χ0v) is 17.4. The molecule has 6 nitrogen and oxygen atoms in total. The average Bonchev–Trinajstić information content (AvgIpc) is 3.35. The molecule has 3 aliphatic rings. The zero-order chi connectivity index (χ0) is 19.7. The van der Waals surface area contributed by atoms with Crippen LogP contribution in [0.5, 0.6) is 17.2 Å². The highest BCUT2D eigenvalue weighted by Gasteiger charge is 2.43. The molecule has 1 N–H and O–H groups in total. The summed E-state index contributed by atoms with van der Waals surface area (Å²) >= 11 is 0. The summed E-state index contributed by atoms with van der Waals surface area (Å²) in [6, 6.07) is 4.46. The number of aliphatic hydroxyl groups excluding tert-OH is 1. The summed E-state index contributed by atoms with van der Waals surface area (Å²) in [7, 11) is 4.95. The highest BCUT2D eigenvalue weighted by Crippen LogP contribution is 2.41. The minimum atomic E-state index is -0.166. The summed E-state index contributed by atoms with van der Waals surface area (Å²) in [5.41, 5.74) is 1.17. The van der Waals surface area contributed by atoms with Crippen LogP contribution in [0.15, 0.2) is 12.1 Å². The van der Waals surface area contributed by atoms with Gasteiger partial charge in [-0.25, -0.2) is 0 Å². The Bertz CT molecular complexity index is 651. The van der Waals surface area contributed by atoms with Gasteiger partial charge in [0.25, 0.3) is 0 Å². The number of ether oxygens (including phenoxy) is 3. The van der Waals surface area contributed by atoms with Gasteiger partial charge in [-0.2, -0.15) is 0 Å². The highest BCUT2D eigenvalue weighted by atomic mass is 16.5. The molecule has 0 spiro atoms. The number of hydrogen-bond donors (Lipinski definition) is 1. The van der Waals surface area contributed by atoms with Gasteiger partial charge in [-0.05, 0) is 68.3 Å². The van der Waals surface area contributed by atoms with Crippen molar-refractivity contribution >= 4 is 0 Å². The van der Waals surface area contributed by atoms with Crippen molar-refractivity contribution in [3.05, 3.63) is 17.7 Å². The second-order valence-electron chi connectivity index (χ2n) is 8.60. The summed E-state index contributed by atoms with van der Waals surface area (Å²) in [5, 5.41) is 10.7. The molecule has 2 heterocycles. The Hall–Kier alpha value is -1.50. The molecule has 1 aromatic rings. The normalized spacial score (nSPS) is 31.0. The Labute approximate surface area is 168 Å². The van der Waals surface area contributed by atoms with Gasteiger partial charge in [-0.15, -0.1) is 0 Å². The molecule has 2 saturated heterocycles. The van der Waals surface area contributed by atoms with Crippen molar-refractivity contribution < 1.29 is 19.3 Å². The van der Waals surface area contributed by atoms with Crippen LogP contribution in [0.1, 0.15) is 31.2 Å². The summed E-state index contributed by atoms with van der Waals surface area (Å²) in [6.45, 7) is 5.36. The van der Waals surface area contributed by atoms with Crippen LogP contribution in [0.3, 0.4) is 0 Å². The predicted molar refractivity (Wildman–Crippen MR) is 108 cm³/mol. The SMILES string of the molecule is COc1cc(CN2C[C@H]3C[C@@H](N4CCCC4)[C@H](O)C[C@H]3C2)cc(OC)c1OC. The lowest BCUT2D eigenvalue weighted by atomic mass is 9.77. The Kier molecular flexibility index (Phi) is 5.99. The summed E-state index contributed by atoms with van der Waals surface area (Å²) in [6.07, 6.45) is 4.48.